The number of morpholine rings is 1. The second-order valence-electron chi connectivity index (χ2n) is 4.92. The summed E-state index contributed by atoms with van der Waals surface area (Å²) in [6.07, 6.45) is 0. The Hall–Kier alpha value is -0.930. The van der Waals surface area contributed by atoms with Gasteiger partial charge in [-0.1, -0.05) is 32.9 Å². The van der Waals surface area contributed by atoms with Crippen molar-refractivity contribution in [1.82, 2.24) is 4.90 Å². The summed E-state index contributed by atoms with van der Waals surface area (Å²) in [7, 11) is 0. The van der Waals surface area contributed by atoms with Crippen molar-refractivity contribution in [1.29, 1.82) is 0 Å². The number of halogens is 1. The Labute approximate surface area is 123 Å². The molecule has 0 spiro atoms. The fourth-order valence-electron chi connectivity index (χ4n) is 1.54. The third-order valence-corrected chi connectivity index (χ3v) is 2.43. The number of benzene rings is 1. The molecule has 1 heterocycles. The van der Waals surface area contributed by atoms with Gasteiger partial charge in [-0.2, -0.15) is 0 Å². The van der Waals surface area contributed by atoms with Gasteiger partial charge in [0.1, 0.15) is 5.82 Å². The van der Waals surface area contributed by atoms with Crippen molar-refractivity contribution in [3.8, 4) is 0 Å². The normalized spacial score (nSPS) is 38.2. The lowest BCUT2D eigenvalue weighted by atomic mass is 9.85. The largest absolute Gasteiger partial charge is 0.379 e. The van der Waals surface area contributed by atoms with E-state index in [9.17, 15) is 4.39 Å². The molecule has 0 N–H and O–H groups in total. The smallest absolute Gasteiger partial charge is 0.126 e. The zero-order chi connectivity index (χ0) is 22.1. The maximum atomic E-state index is 14.2. The summed E-state index contributed by atoms with van der Waals surface area (Å²) in [5.74, 6) is -0.634. The molecule has 1 saturated heterocycles. The van der Waals surface area contributed by atoms with E-state index in [0.717, 1.165) is 18.2 Å². The Kier molecular flexibility index (Phi) is 1.67. The van der Waals surface area contributed by atoms with Crippen LogP contribution in [0.25, 0.3) is 0 Å². The predicted octanol–water partition coefficient (Wildman–Crippen LogP) is 2.96. The van der Waals surface area contributed by atoms with Crippen LogP contribution in [0.4, 0.5) is 4.39 Å². The number of hydrogen-bond acceptors (Lipinski definition) is 2. The molecule has 1 aliphatic rings. The molecule has 0 bridgehead atoms. The van der Waals surface area contributed by atoms with Crippen LogP contribution in [0.3, 0.4) is 0 Å². The minimum absolute atomic E-state index is 0.0919. The van der Waals surface area contributed by atoms with Crippen LogP contribution in [0.5, 0.6) is 0 Å². The number of nitrogens with zero attached hydrogens (tertiary/aromatic N) is 1. The Morgan fingerprint density at radius 3 is 2.67 bits per heavy atom. The third kappa shape index (κ3) is 3.30. The van der Waals surface area contributed by atoms with Crippen molar-refractivity contribution in [3.63, 3.8) is 0 Å². The second kappa shape index (κ2) is 5.37. The SMILES string of the molecule is [2H]C([2H])(c1ccc(F)c(C(C)(C)C)c1)N1C([2H])([2H])C([2H])([2H])OC([2H])([2H])C1([2H])[2H]. The minimum atomic E-state index is -3.40. The van der Waals surface area contributed by atoms with Crippen LogP contribution < -0.4 is 0 Å². The predicted molar refractivity (Wildman–Crippen MR) is 71.2 cm³/mol. The second-order valence-corrected chi connectivity index (χ2v) is 4.92. The fourth-order valence-corrected chi connectivity index (χ4v) is 1.54. The van der Waals surface area contributed by atoms with Gasteiger partial charge in [-0.3, -0.25) is 4.90 Å². The summed E-state index contributed by atoms with van der Waals surface area (Å²) >= 11 is 0. The van der Waals surface area contributed by atoms with E-state index < -0.39 is 43.8 Å². The lowest BCUT2D eigenvalue weighted by Crippen LogP contribution is -2.35. The van der Waals surface area contributed by atoms with Gasteiger partial charge in [0.25, 0.3) is 0 Å². The molecule has 1 fully saturated rings. The van der Waals surface area contributed by atoms with E-state index in [1.54, 1.807) is 20.8 Å². The molecule has 0 aromatic heterocycles. The van der Waals surface area contributed by atoms with Gasteiger partial charge >= 0.3 is 0 Å². The number of rotatable bonds is 2. The van der Waals surface area contributed by atoms with Gasteiger partial charge in [0.05, 0.1) is 18.6 Å². The molecule has 1 aliphatic heterocycles. The molecule has 100 valence electrons. The van der Waals surface area contributed by atoms with Gasteiger partial charge < -0.3 is 4.74 Å². The van der Waals surface area contributed by atoms with Crippen LogP contribution in [-0.4, -0.2) is 31.0 Å². The Balaban J connectivity index is 2.75. The van der Waals surface area contributed by atoms with E-state index in [1.165, 1.54) is 0 Å². The van der Waals surface area contributed by atoms with Crippen molar-refractivity contribution in [2.24, 2.45) is 0 Å². The first-order chi connectivity index (χ1) is 12.2. The Bertz CT molecular complexity index is 749. The molecule has 0 aliphatic carbocycles. The molecule has 2 rings (SSSR count). The van der Waals surface area contributed by atoms with E-state index >= 15 is 0 Å². The van der Waals surface area contributed by atoms with Crippen LogP contribution >= 0.6 is 0 Å². The topological polar surface area (TPSA) is 12.5 Å². The van der Waals surface area contributed by atoms with Gasteiger partial charge in [0.2, 0.25) is 0 Å². The molecule has 0 atom stereocenters. The first kappa shape index (κ1) is 5.59. The fraction of sp³-hybridized carbons (Fsp3) is 0.600. The molecule has 1 aromatic carbocycles. The van der Waals surface area contributed by atoms with E-state index in [2.05, 4.69) is 4.74 Å². The number of ether oxygens (including phenoxy) is 1. The van der Waals surface area contributed by atoms with Gasteiger partial charge in [0, 0.05) is 27.7 Å². The molecule has 18 heavy (non-hydrogen) atoms. The van der Waals surface area contributed by atoms with E-state index in [1.807, 2.05) is 0 Å². The summed E-state index contributed by atoms with van der Waals surface area (Å²) in [4.78, 5) is -0.157. The van der Waals surface area contributed by atoms with E-state index in [-0.39, 0.29) is 16.0 Å². The summed E-state index contributed by atoms with van der Waals surface area (Å²) in [6.45, 7) is -11.6. The highest BCUT2D eigenvalue weighted by Crippen LogP contribution is 2.26. The first-order valence-corrected chi connectivity index (χ1v) is 5.51. The average molecular weight is 261 g/mol. The lowest BCUT2D eigenvalue weighted by molar-refractivity contribution is 0.0341. The molecular weight excluding hydrogens is 229 g/mol. The third-order valence-electron chi connectivity index (χ3n) is 2.43. The van der Waals surface area contributed by atoms with Gasteiger partial charge in [-0.05, 0) is 22.6 Å². The maximum Gasteiger partial charge on any atom is 0.126 e. The van der Waals surface area contributed by atoms with Gasteiger partial charge in [0.15, 0.2) is 0 Å². The quantitative estimate of drug-likeness (QED) is 0.811. The minimum Gasteiger partial charge on any atom is -0.379 e. The van der Waals surface area contributed by atoms with E-state index in [0.29, 0.717) is 0 Å². The highest BCUT2D eigenvalue weighted by molar-refractivity contribution is 5.30. The Morgan fingerprint density at radius 1 is 1.39 bits per heavy atom. The standard InChI is InChI=1S/C15H22FNO/c1-15(2,3)13-10-12(4-5-14(13)16)11-17-6-8-18-9-7-17/h4-5,10H,6-9,11H2,1-3H3/i6D2,7D2,8D2,9D2,11D2. The lowest BCUT2D eigenvalue weighted by Gasteiger charge is -2.27. The van der Waals surface area contributed by atoms with Crippen LogP contribution in [0.2, 0.25) is 0 Å². The molecule has 0 amide bonds. The summed E-state index contributed by atoms with van der Waals surface area (Å²) < 4.78 is 98.3. The zero-order valence-corrected chi connectivity index (χ0v) is 10.5. The average Bonchev–Trinajstić information content (AvgIpc) is 2.42. The molecule has 0 saturated carbocycles. The highest BCUT2D eigenvalue weighted by Gasteiger charge is 2.19. The molecule has 2 nitrogen and oxygen atoms in total. The summed E-state index contributed by atoms with van der Waals surface area (Å²) in [5, 5.41) is 0. The van der Waals surface area contributed by atoms with Crippen molar-refractivity contribution in [2.45, 2.75) is 32.7 Å². The van der Waals surface area contributed by atoms with E-state index in [4.69, 9.17) is 13.7 Å². The monoisotopic (exact) mass is 261 g/mol. The molecular formula is C15H22FNO. The molecule has 1 aromatic rings. The van der Waals surface area contributed by atoms with Crippen molar-refractivity contribution >= 4 is 0 Å². The van der Waals surface area contributed by atoms with Crippen molar-refractivity contribution in [3.05, 3.63) is 35.1 Å². The van der Waals surface area contributed by atoms with Crippen LogP contribution in [0.15, 0.2) is 18.2 Å². The number of hydrogen-bond donors (Lipinski definition) is 0. The zero-order valence-electron chi connectivity index (χ0n) is 20.5. The first-order valence-electron chi connectivity index (χ1n) is 10.5. The summed E-state index contributed by atoms with van der Waals surface area (Å²) in [6, 6.07) is 3.07. The molecule has 3 heteroatoms. The van der Waals surface area contributed by atoms with Crippen LogP contribution in [0, 0.1) is 5.82 Å². The van der Waals surface area contributed by atoms with Crippen LogP contribution in [0.1, 0.15) is 45.6 Å². The van der Waals surface area contributed by atoms with Gasteiger partial charge in [-0.25, -0.2) is 4.39 Å². The summed E-state index contributed by atoms with van der Waals surface area (Å²) in [5.41, 5.74) is -1.00. The molecule has 0 unspecified atom stereocenters. The molecule has 0 radical (unpaired) electrons. The Morgan fingerprint density at radius 2 is 2.06 bits per heavy atom. The van der Waals surface area contributed by atoms with Crippen LogP contribution in [-0.2, 0) is 16.6 Å². The highest BCUT2D eigenvalue weighted by atomic mass is 19.1. The maximum absolute atomic E-state index is 14.2. The van der Waals surface area contributed by atoms with Gasteiger partial charge in [-0.15, -0.1) is 0 Å². The van der Waals surface area contributed by atoms with Crippen molar-refractivity contribution < 1.29 is 22.8 Å². The van der Waals surface area contributed by atoms with Crippen molar-refractivity contribution in [2.75, 3.05) is 26.1 Å².